The summed E-state index contributed by atoms with van der Waals surface area (Å²) < 4.78 is 5.25. The zero-order chi connectivity index (χ0) is 13.7. The fraction of sp³-hybridized carbons (Fsp3) is 0.500. The third kappa shape index (κ3) is 3.68. The average molecular weight is 263 g/mol. The van der Waals surface area contributed by atoms with Gasteiger partial charge in [0.2, 0.25) is 0 Å². The molecule has 5 heteroatoms. The second kappa shape index (κ2) is 6.54. The Bertz CT molecular complexity index is 413. The van der Waals surface area contributed by atoms with Crippen LogP contribution >= 0.6 is 0 Å². The lowest BCUT2D eigenvalue weighted by Crippen LogP contribution is -2.46. The first-order valence-electron chi connectivity index (χ1n) is 6.56. The van der Waals surface area contributed by atoms with Crippen LogP contribution in [0.15, 0.2) is 24.3 Å². The van der Waals surface area contributed by atoms with Crippen molar-refractivity contribution in [3.63, 3.8) is 0 Å². The van der Waals surface area contributed by atoms with Gasteiger partial charge in [-0.15, -0.1) is 0 Å². The lowest BCUT2D eigenvalue weighted by Gasteiger charge is -2.31. The Kier molecular flexibility index (Phi) is 4.76. The van der Waals surface area contributed by atoms with E-state index in [0.29, 0.717) is 39.4 Å². The van der Waals surface area contributed by atoms with Gasteiger partial charge in [0.1, 0.15) is 0 Å². The first kappa shape index (κ1) is 13.8. The fourth-order valence-electron chi connectivity index (χ4n) is 2.12. The molecule has 0 atom stereocenters. The molecule has 0 unspecified atom stereocenters. The lowest BCUT2D eigenvalue weighted by atomic mass is 10.1. The van der Waals surface area contributed by atoms with Crippen LogP contribution in [0.2, 0.25) is 0 Å². The number of nitrogens with two attached hydrogens (primary N) is 1. The number of nitrogens with zero attached hydrogens (tertiary/aromatic N) is 2. The molecule has 0 aliphatic carbocycles. The quantitative estimate of drug-likeness (QED) is 0.886. The van der Waals surface area contributed by atoms with Gasteiger partial charge in [-0.1, -0.05) is 24.3 Å². The summed E-state index contributed by atoms with van der Waals surface area (Å²) in [6, 6.07) is 8.10. The van der Waals surface area contributed by atoms with E-state index in [2.05, 4.69) is 0 Å². The molecule has 104 valence electrons. The summed E-state index contributed by atoms with van der Waals surface area (Å²) in [6.45, 7) is 3.77. The van der Waals surface area contributed by atoms with E-state index >= 15 is 0 Å². The molecule has 0 radical (unpaired) electrons. The Morgan fingerprint density at radius 1 is 1.26 bits per heavy atom. The average Bonchev–Trinajstić information content (AvgIpc) is 2.48. The van der Waals surface area contributed by atoms with Crippen LogP contribution in [0, 0.1) is 0 Å². The minimum Gasteiger partial charge on any atom is -0.378 e. The van der Waals surface area contributed by atoms with Gasteiger partial charge in [0, 0.05) is 33.2 Å². The van der Waals surface area contributed by atoms with Gasteiger partial charge >= 0.3 is 6.03 Å². The third-order valence-electron chi connectivity index (χ3n) is 3.29. The molecule has 1 heterocycles. The van der Waals surface area contributed by atoms with Crippen LogP contribution in [0.25, 0.3) is 0 Å². The van der Waals surface area contributed by atoms with Gasteiger partial charge in [-0.3, -0.25) is 0 Å². The van der Waals surface area contributed by atoms with Crippen molar-refractivity contribution in [2.45, 2.75) is 13.1 Å². The van der Waals surface area contributed by atoms with Gasteiger partial charge in [0.15, 0.2) is 0 Å². The van der Waals surface area contributed by atoms with E-state index in [1.54, 1.807) is 4.90 Å². The maximum atomic E-state index is 12.2. The topological polar surface area (TPSA) is 58.8 Å². The molecule has 1 aromatic carbocycles. The summed E-state index contributed by atoms with van der Waals surface area (Å²) >= 11 is 0. The SMILES string of the molecule is CN(Cc1ccc(CN)cc1)C(=O)N1CCOCC1. The molecular formula is C14H21N3O2. The van der Waals surface area contributed by atoms with E-state index < -0.39 is 0 Å². The highest BCUT2D eigenvalue weighted by atomic mass is 16.5. The van der Waals surface area contributed by atoms with Crippen molar-refractivity contribution in [3.8, 4) is 0 Å². The van der Waals surface area contributed by atoms with Gasteiger partial charge in [-0.2, -0.15) is 0 Å². The second-order valence-electron chi connectivity index (χ2n) is 4.76. The van der Waals surface area contributed by atoms with Gasteiger partial charge in [0.05, 0.1) is 13.2 Å². The molecule has 1 fully saturated rings. The van der Waals surface area contributed by atoms with Crippen molar-refractivity contribution in [3.05, 3.63) is 35.4 Å². The minimum absolute atomic E-state index is 0.0613. The molecule has 1 aliphatic rings. The lowest BCUT2D eigenvalue weighted by molar-refractivity contribution is 0.0448. The Morgan fingerprint density at radius 3 is 2.42 bits per heavy atom. The Hall–Kier alpha value is -1.59. The Balaban J connectivity index is 1.91. The highest BCUT2D eigenvalue weighted by Gasteiger charge is 2.20. The van der Waals surface area contributed by atoms with E-state index in [1.165, 1.54) is 0 Å². The van der Waals surface area contributed by atoms with Gasteiger partial charge in [-0.05, 0) is 11.1 Å². The van der Waals surface area contributed by atoms with Crippen LogP contribution in [-0.4, -0.2) is 49.2 Å². The van der Waals surface area contributed by atoms with Gasteiger partial charge < -0.3 is 20.3 Å². The normalized spacial score (nSPS) is 15.4. The molecule has 2 amide bonds. The predicted octanol–water partition coefficient (Wildman–Crippen LogP) is 1.03. The molecule has 1 aliphatic heterocycles. The van der Waals surface area contributed by atoms with Crippen LogP contribution in [0.5, 0.6) is 0 Å². The molecule has 0 bridgehead atoms. The smallest absolute Gasteiger partial charge is 0.320 e. The molecular weight excluding hydrogens is 242 g/mol. The first-order valence-corrected chi connectivity index (χ1v) is 6.56. The van der Waals surface area contributed by atoms with Gasteiger partial charge in [-0.25, -0.2) is 4.79 Å². The van der Waals surface area contributed by atoms with Crippen molar-refractivity contribution in [2.75, 3.05) is 33.4 Å². The number of benzene rings is 1. The number of ether oxygens (including phenoxy) is 1. The van der Waals surface area contributed by atoms with E-state index in [9.17, 15) is 4.79 Å². The number of carbonyl (C=O) groups is 1. The Morgan fingerprint density at radius 2 is 1.84 bits per heavy atom. The van der Waals surface area contributed by atoms with Crippen LogP contribution in [0.1, 0.15) is 11.1 Å². The molecule has 5 nitrogen and oxygen atoms in total. The molecule has 1 aromatic rings. The monoisotopic (exact) mass is 263 g/mol. The maximum Gasteiger partial charge on any atom is 0.320 e. The van der Waals surface area contributed by atoms with Crippen LogP contribution < -0.4 is 5.73 Å². The zero-order valence-electron chi connectivity index (χ0n) is 11.3. The predicted molar refractivity (Wildman–Crippen MR) is 73.6 cm³/mol. The highest BCUT2D eigenvalue weighted by molar-refractivity contribution is 5.74. The number of hydrogen-bond donors (Lipinski definition) is 1. The van der Waals surface area contributed by atoms with E-state index in [-0.39, 0.29) is 6.03 Å². The number of morpholine rings is 1. The van der Waals surface area contributed by atoms with E-state index in [4.69, 9.17) is 10.5 Å². The number of carbonyl (C=O) groups excluding carboxylic acids is 1. The summed E-state index contributed by atoms with van der Waals surface area (Å²) in [6.07, 6.45) is 0. The molecule has 0 aromatic heterocycles. The number of rotatable bonds is 3. The summed E-state index contributed by atoms with van der Waals surface area (Å²) in [7, 11) is 1.83. The Labute approximate surface area is 113 Å². The van der Waals surface area contributed by atoms with Gasteiger partial charge in [0.25, 0.3) is 0 Å². The third-order valence-corrected chi connectivity index (χ3v) is 3.29. The molecule has 0 spiro atoms. The van der Waals surface area contributed by atoms with Crippen LogP contribution in [0.4, 0.5) is 4.79 Å². The summed E-state index contributed by atoms with van der Waals surface area (Å²) in [5, 5.41) is 0. The molecule has 2 rings (SSSR count). The molecule has 1 saturated heterocycles. The van der Waals surface area contributed by atoms with Crippen molar-refractivity contribution < 1.29 is 9.53 Å². The first-order chi connectivity index (χ1) is 9.20. The summed E-state index contributed by atoms with van der Waals surface area (Å²) in [5.74, 6) is 0. The molecule has 2 N–H and O–H groups in total. The van der Waals surface area contributed by atoms with Crippen molar-refractivity contribution in [2.24, 2.45) is 5.73 Å². The fourth-order valence-corrected chi connectivity index (χ4v) is 2.12. The number of hydrogen-bond acceptors (Lipinski definition) is 3. The molecule has 19 heavy (non-hydrogen) atoms. The summed E-state index contributed by atoms with van der Waals surface area (Å²) in [5.41, 5.74) is 7.78. The standard InChI is InChI=1S/C14H21N3O2/c1-16(14(18)17-6-8-19-9-7-17)11-13-4-2-12(10-15)3-5-13/h2-5H,6-11,15H2,1H3. The molecule has 0 saturated carbocycles. The highest BCUT2D eigenvalue weighted by Crippen LogP contribution is 2.09. The van der Waals surface area contributed by atoms with E-state index in [1.807, 2.05) is 36.2 Å². The zero-order valence-corrected chi connectivity index (χ0v) is 11.3. The van der Waals surface area contributed by atoms with Crippen LogP contribution in [-0.2, 0) is 17.8 Å². The van der Waals surface area contributed by atoms with Crippen molar-refractivity contribution in [1.29, 1.82) is 0 Å². The van der Waals surface area contributed by atoms with Crippen molar-refractivity contribution in [1.82, 2.24) is 9.80 Å². The largest absolute Gasteiger partial charge is 0.378 e. The second-order valence-corrected chi connectivity index (χ2v) is 4.76. The van der Waals surface area contributed by atoms with E-state index in [0.717, 1.165) is 11.1 Å². The number of amides is 2. The number of urea groups is 1. The summed E-state index contributed by atoms with van der Waals surface area (Å²) in [4.78, 5) is 15.8. The maximum absolute atomic E-state index is 12.2. The minimum atomic E-state index is 0.0613. The van der Waals surface area contributed by atoms with Crippen molar-refractivity contribution >= 4 is 6.03 Å². The van der Waals surface area contributed by atoms with Crippen LogP contribution in [0.3, 0.4) is 0 Å².